The number of Topliss-reactive ketones (excluding diaryl/α,β-unsaturated/α-hetero) is 1. The van der Waals surface area contributed by atoms with Crippen LogP contribution >= 0.6 is 0 Å². The molecule has 0 saturated carbocycles. The van der Waals surface area contributed by atoms with Crippen LogP contribution in [0, 0.1) is 0 Å². The van der Waals surface area contributed by atoms with Crippen molar-refractivity contribution in [1.29, 1.82) is 0 Å². The lowest BCUT2D eigenvalue weighted by molar-refractivity contribution is 0.0398. The lowest BCUT2D eigenvalue weighted by Crippen LogP contribution is -2.39. The van der Waals surface area contributed by atoms with Crippen LogP contribution in [-0.2, 0) is 11.2 Å². The Morgan fingerprint density at radius 2 is 2.00 bits per heavy atom. The van der Waals surface area contributed by atoms with Crippen molar-refractivity contribution in [2.75, 3.05) is 51.8 Å². The van der Waals surface area contributed by atoms with Crippen molar-refractivity contribution in [3.63, 3.8) is 0 Å². The van der Waals surface area contributed by atoms with Crippen molar-refractivity contribution < 1.29 is 14.3 Å². The molecule has 0 radical (unpaired) electrons. The molecule has 1 aliphatic heterocycles. The average Bonchev–Trinajstić information content (AvgIpc) is 2.74. The van der Waals surface area contributed by atoms with E-state index in [-0.39, 0.29) is 11.7 Å². The van der Waals surface area contributed by atoms with E-state index in [0.29, 0.717) is 17.9 Å². The highest BCUT2D eigenvalue weighted by molar-refractivity contribution is 5.98. The monoisotopic (exact) mass is 382 g/mol. The molecule has 1 aromatic carbocycles. The molecule has 28 heavy (non-hydrogen) atoms. The Morgan fingerprint density at radius 3 is 2.75 bits per heavy atom. The number of carbonyl (C=O) groups is 1. The van der Waals surface area contributed by atoms with Crippen LogP contribution in [-0.4, -0.2) is 67.2 Å². The third-order valence-corrected chi connectivity index (χ3v) is 5.44. The maximum absolute atomic E-state index is 12.6. The fraction of sp³-hybridized carbons (Fsp3) is 0.476. The van der Waals surface area contributed by atoms with Crippen LogP contribution in [0.15, 0.2) is 30.5 Å². The highest BCUT2D eigenvalue weighted by atomic mass is 16.5. The van der Waals surface area contributed by atoms with Crippen molar-refractivity contribution in [3.8, 4) is 5.75 Å². The Hall–Kier alpha value is -2.51. The number of rotatable bonds is 6. The van der Waals surface area contributed by atoms with Crippen LogP contribution in [0.1, 0.15) is 34.0 Å². The standard InChI is InChI=1S/C21H26N4O3/c1-27-17-4-2-15(3-5-17)16-12-19-18(20(26)13-16)14-23-21(24-19)22-6-7-25-8-10-28-11-9-25/h2-5,14,16H,6-13H2,1H3,(H,22,23,24)/t16-/m0/s1. The lowest BCUT2D eigenvalue weighted by Gasteiger charge is -2.26. The predicted octanol–water partition coefficient (Wildman–Crippen LogP) is 2.14. The zero-order valence-electron chi connectivity index (χ0n) is 16.2. The molecule has 148 valence electrons. The van der Waals surface area contributed by atoms with Crippen molar-refractivity contribution in [3.05, 3.63) is 47.3 Å². The van der Waals surface area contributed by atoms with Gasteiger partial charge in [0.25, 0.3) is 0 Å². The molecule has 0 spiro atoms. The largest absolute Gasteiger partial charge is 0.497 e. The van der Waals surface area contributed by atoms with Gasteiger partial charge >= 0.3 is 0 Å². The second-order valence-corrected chi connectivity index (χ2v) is 7.24. The SMILES string of the molecule is COc1ccc([C@@H]2CC(=O)c3cnc(NCCN4CCOCC4)nc3C2)cc1. The number of fused-ring (bicyclic) bond motifs is 1. The second-order valence-electron chi connectivity index (χ2n) is 7.24. The summed E-state index contributed by atoms with van der Waals surface area (Å²) in [5, 5.41) is 3.29. The minimum absolute atomic E-state index is 0.113. The number of anilines is 1. The van der Waals surface area contributed by atoms with Gasteiger partial charge in [-0.25, -0.2) is 9.97 Å². The van der Waals surface area contributed by atoms with Gasteiger partial charge in [-0.1, -0.05) is 12.1 Å². The Balaban J connectivity index is 1.41. The number of hydrogen-bond acceptors (Lipinski definition) is 7. The minimum Gasteiger partial charge on any atom is -0.497 e. The van der Waals surface area contributed by atoms with Crippen LogP contribution in [0.5, 0.6) is 5.75 Å². The van der Waals surface area contributed by atoms with E-state index in [1.807, 2.05) is 24.3 Å². The van der Waals surface area contributed by atoms with Gasteiger partial charge in [-0.2, -0.15) is 0 Å². The first-order valence-corrected chi connectivity index (χ1v) is 9.80. The molecular weight excluding hydrogens is 356 g/mol. The van der Waals surface area contributed by atoms with Gasteiger partial charge < -0.3 is 14.8 Å². The number of carbonyl (C=O) groups excluding carboxylic acids is 1. The Morgan fingerprint density at radius 1 is 1.21 bits per heavy atom. The minimum atomic E-state index is 0.113. The zero-order valence-corrected chi connectivity index (χ0v) is 16.2. The highest BCUT2D eigenvalue weighted by Crippen LogP contribution is 2.32. The average molecular weight is 382 g/mol. The van der Waals surface area contributed by atoms with E-state index in [0.717, 1.165) is 62.8 Å². The molecule has 1 aromatic heterocycles. The van der Waals surface area contributed by atoms with Gasteiger partial charge in [-0.05, 0) is 30.0 Å². The number of aromatic nitrogens is 2. The number of methoxy groups -OCH3 is 1. The number of nitrogens with one attached hydrogen (secondary N) is 1. The summed E-state index contributed by atoms with van der Waals surface area (Å²) in [5.41, 5.74) is 2.63. The maximum Gasteiger partial charge on any atom is 0.222 e. The fourth-order valence-electron chi connectivity index (χ4n) is 3.79. The number of morpholine rings is 1. The Labute approximate surface area is 165 Å². The summed E-state index contributed by atoms with van der Waals surface area (Å²) >= 11 is 0. The van der Waals surface area contributed by atoms with Crippen molar-refractivity contribution in [2.24, 2.45) is 0 Å². The quantitative estimate of drug-likeness (QED) is 0.820. The van der Waals surface area contributed by atoms with Gasteiger partial charge in [0.2, 0.25) is 5.95 Å². The second kappa shape index (κ2) is 8.67. The number of benzene rings is 1. The van der Waals surface area contributed by atoms with E-state index in [1.54, 1.807) is 13.3 Å². The summed E-state index contributed by atoms with van der Waals surface area (Å²) in [7, 11) is 1.65. The van der Waals surface area contributed by atoms with Gasteiger partial charge in [-0.15, -0.1) is 0 Å². The van der Waals surface area contributed by atoms with E-state index in [1.165, 1.54) is 0 Å². The number of hydrogen-bond donors (Lipinski definition) is 1. The summed E-state index contributed by atoms with van der Waals surface area (Å²) in [6, 6.07) is 7.94. The molecule has 1 fully saturated rings. The van der Waals surface area contributed by atoms with Crippen LogP contribution in [0.3, 0.4) is 0 Å². The van der Waals surface area contributed by atoms with E-state index in [4.69, 9.17) is 9.47 Å². The summed E-state index contributed by atoms with van der Waals surface area (Å²) < 4.78 is 10.6. The summed E-state index contributed by atoms with van der Waals surface area (Å²) in [5.74, 6) is 1.67. The van der Waals surface area contributed by atoms with Gasteiger partial charge in [0.05, 0.1) is 31.6 Å². The molecule has 0 unspecified atom stereocenters. The Bertz CT molecular complexity index is 819. The van der Waals surface area contributed by atoms with Gasteiger partial charge in [0.1, 0.15) is 5.75 Å². The van der Waals surface area contributed by atoms with Gasteiger partial charge in [-0.3, -0.25) is 9.69 Å². The first-order chi connectivity index (χ1) is 13.7. The van der Waals surface area contributed by atoms with Crippen LogP contribution in [0.4, 0.5) is 5.95 Å². The van der Waals surface area contributed by atoms with Gasteiger partial charge in [0, 0.05) is 38.8 Å². The van der Waals surface area contributed by atoms with Crippen LogP contribution in [0.25, 0.3) is 0 Å². The molecule has 1 saturated heterocycles. The third-order valence-electron chi connectivity index (χ3n) is 5.44. The van der Waals surface area contributed by atoms with Crippen LogP contribution in [0.2, 0.25) is 0 Å². The molecule has 2 aliphatic rings. The molecule has 4 rings (SSSR count). The van der Waals surface area contributed by atoms with E-state index in [2.05, 4.69) is 20.2 Å². The summed E-state index contributed by atoms with van der Waals surface area (Å²) in [6.45, 7) is 5.22. The topological polar surface area (TPSA) is 76.6 Å². The number of ketones is 1. The van der Waals surface area contributed by atoms with Crippen molar-refractivity contribution >= 4 is 11.7 Å². The predicted molar refractivity (Wildman–Crippen MR) is 106 cm³/mol. The third kappa shape index (κ3) is 4.31. The first-order valence-electron chi connectivity index (χ1n) is 9.80. The molecule has 0 bridgehead atoms. The smallest absolute Gasteiger partial charge is 0.222 e. The molecule has 2 heterocycles. The number of nitrogens with zero attached hydrogens (tertiary/aromatic N) is 3. The fourth-order valence-corrected chi connectivity index (χ4v) is 3.79. The molecule has 0 amide bonds. The van der Waals surface area contributed by atoms with Gasteiger partial charge in [0.15, 0.2) is 5.78 Å². The maximum atomic E-state index is 12.6. The zero-order chi connectivity index (χ0) is 19.3. The first kappa shape index (κ1) is 18.8. The summed E-state index contributed by atoms with van der Waals surface area (Å²) in [4.78, 5) is 23.9. The molecule has 1 atom stereocenters. The molecule has 1 aliphatic carbocycles. The van der Waals surface area contributed by atoms with Crippen LogP contribution < -0.4 is 10.1 Å². The molecule has 7 nitrogen and oxygen atoms in total. The lowest BCUT2D eigenvalue weighted by atomic mass is 9.82. The number of ether oxygens (including phenoxy) is 2. The van der Waals surface area contributed by atoms with Crippen molar-refractivity contribution in [2.45, 2.75) is 18.8 Å². The molecule has 7 heteroatoms. The molecule has 1 N–H and O–H groups in total. The Kier molecular flexibility index (Phi) is 5.83. The van der Waals surface area contributed by atoms with E-state index < -0.39 is 0 Å². The van der Waals surface area contributed by atoms with E-state index >= 15 is 0 Å². The molecule has 2 aromatic rings. The van der Waals surface area contributed by atoms with E-state index in [9.17, 15) is 4.79 Å². The summed E-state index contributed by atoms with van der Waals surface area (Å²) in [6.07, 6.45) is 2.91. The normalized spacial score (nSPS) is 19.9. The highest BCUT2D eigenvalue weighted by Gasteiger charge is 2.28. The molecular formula is C21H26N4O3. The van der Waals surface area contributed by atoms with Crippen molar-refractivity contribution in [1.82, 2.24) is 14.9 Å².